The van der Waals surface area contributed by atoms with Crippen molar-refractivity contribution in [2.24, 2.45) is 17.8 Å². The molecule has 2 bridgehead atoms. The van der Waals surface area contributed by atoms with Crippen molar-refractivity contribution in [1.82, 2.24) is 5.32 Å². The number of halogens is 1. The SMILES string of the molecule is CCNC(CC1CC2CCC1C2)c1ccoc1Br. The molecule has 2 nitrogen and oxygen atoms in total. The van der Waals surface area contributed by atoms with Gasteiger partial charge in [0.2, 0.25) is 0 Å². The standard InChI is InChI=1S/C15H22BrNO/c1-2-17-14(13-5-6-18-15(13)16)9-12-8-10-3-4-11(12)7-10/h5-6,10-12,14,17H,2-4,7-9H2,1H3. The summed E-state index contributed by atoms with van der Waals surface area (Å²) < 4.78 is 6.29. The van der Waals surface area contributed by atoms with E-state index in [1.807, 2.05) is 0 Å². The summed E-state index contributed by atoms with van der Waals surface area (Å²) >= 11 is 3.52. The van der Waals surface area contributed by atoms with E-state index < -0.39 is 0 Å². The topological polar surface area (TPSA) is 25.2 Å². The van der Waals surface area contributed by atoms with Gasteiger partial charge in [0.1, 0.15) is 0 Å². The van der Waals surface area contributed by atoms with E-state index in [0.717, 1.165) is 29.0 Å². The fourth-order valence-electron chi connectivity index (χ4n) is 4.09. The van der Waals surface area contributed by atoms with Crippen LogP contribution in [0.1, 0.15) is 50.6 Å². The van der Waals surface area contributed by atoms with Gasteiger partial charge in [-0.2, -0.15) is 0 Å². The predicted octanol–water partition coefficient (Wildman–Crippen LogP) is 4.52. The van der Waals surface area contributed by atoms with Crippen LogP contribution in [0, 0.1) is 17.8 Å². The third kappa shape index (κ3) is 2.39. The quantitative estimate of drug-likeness (QED) is 0.865. The van der Waals surface area contributed by atoms with Gasteiger partial charge in [0, 0.05) is 11.6 Å². The average molecular weight is 312 g/mol. The molecule has 4 unspecified atom stereocenters. The largest absolute Gasteiger partial charge is 0.457 e. The van der Waals surface area contributed by atoms with Crippen LogP contribution in [0.3, 0.4) is 0 Å². The fraction of sp³-hybridized carbons (Fsp3) is 0.733. The van der Waals surface area contributed by atoms with E-state index in [1.165, 1.54) is 37.7 Å². The van der Waals surface area contributed by atoms with Gasteiger partial charge < -0.3 is 9.73 Å². The van der Waals surface area contributed by atoms with Crippen LogP contribution in [0.25, 0.3) is 0 Å². The Kier molecular flexibility index (Phi) is 3.81. The first-order valence-electron chi connectivity index (χ1n) is 7.24. The molecule has 1 aromatic rings. The Morgan fingerprint density at radius 2 is 2.33 bits per heavy atom. The van der Waals surface area contributed by atoms with Crippen LogP contribution >= 0.6 is 15.9 Å². The number of nitrogens with one attached hydrogen (secondary N) is 1. The Morgan fingerprint density at radius 3 is 2.89 bits per heavy atom. The lowest BCUT2D eigenvalue weighted by Gasteiger charge is -2.27. The van der Waals surface area contributed by atoms with E-state index in [-0.39, 0.29) is 0 Å². The number of rotatable bonds is 5. The highest BCUT2D eigenvalue weighted by atomic mass is 79.9. The van der Waals surface area contributed by atoms with Crippen LogP contribution in [-0.2, 0) is 0 Å². The van der Waals surface area contributed by atoms with Gasteiger partial charge in [-0.15, -0.1) is 0 Å². The summed E-state index contributed by atoms with van der Waals surface area (Å²) in [6.07, 6.45) is 8.97. The highest BCUT2D eigenvalue weighted by Gasteiger charge is 2.40. The van der Waals surface area contributed by atoms with Gasteiger partial charge >= 0.3 is 0 Å². The second-order valence-electron chi connectivity index (χ2n) is 5.93. The zero-order chi connectivity index (χ0) is 12.5. The summed E-state index contributed by atoms with van der Waals surface area (Å²) in [6.45, 7) is 3.20. The molecule has 2 aliphatic rings. The molecular formula is C15H22BrNO. The van der Waals surface area contributed by atoms with Gasteiger partial charge in [-0.1, -0.05) is 13.3 Å². The second-order valence-corrected chi connectivity index (χ2v) is 6.65. The first-order valence-corrected chi connectivity index (χ1v) is 8.03. The van der Waals surface area contributed by atoms with Gasteiger partial charge in [-0.3, -0.25) is 0 Å². The van der Waals surface area contributed by atoms with Crippen LogP contribution in [0.5, 0.6) is 0 Å². The van der Waals surface area contributed by atoms with E-state index in [2.05, 4.69) is 34.2 Å². The van der Waals surface area contributed by atoms with Gasteiger partial charge in [-0.05, 0) is 72.0 Å². The molecule has 0 spiro atoms. The molecule has 0 saturated heterocycles. The molecule has 1 N–H and O–H groups in total. The molecule has 0 amide bonds. The molecule has 2 aliphatic carbocycles. The molecule has 1 aromatic heterocycles. The summed E-state index contributed by atoms with van der Waals surface area (Å²) in [4.78, 5) is 0. The van der Waals surface area contributed by atoms with E-state index >= 15 is 0 Å². The molecule has 4 atom stereocenters. The maximum absolute atomic E-state index is 5.39. The molecule has 100 valence electrons. The van der Waals surface area contributed by atoms with Crippen molar-refractivity contribution >= 4 is 15.9 Å². The van der Waals surface area contributed by atoms with Gasteiger partial charge in [0.05, 0.1) is 6.26 Å². The zero-order valence-corrected chi connectivity index (χ0v) is 12.6. The average Bonchev–Trinajstić information content (AvgIpc) is 3.04. The molecular weight excluding hydrogens is 290 g/mol. The Morgan fingerprint density at radius 1 is 1.44 bits per heavy atom. The highest BCUT2D eigenvalue weighted by molar-refractivity contribution is 9.10. The third-order valence-electron chi connectivity index (χ3n) is 4.89. The van der Waals surface area contributed by atoms with Gasteiger partial charge in [0.25, 0.3) is 0 Å². The molecule has 0 aliphatic heterocycles. The normalized spacial score (nSPS) is 32.0. The molecule has 18 heavy (non-hydrogen) atoms. The summed E-state index contributed by atoms with van der Waals surface area (Å²) in [5.74, 6) is 2.96. The van der Waals surface area contributed by atoms with Crippen LogP contribution in [0.2, 0.25) is 0 Å². The van der Waals surface area contributed by atoms with Crippen LogP contribution < -0.4 is 5.32 Å². The van der Waals surface area contributed by atoms with Crippen molar-refractivity contribution in [2.75, 3.05) is 6.54 Å². The van der Waals surface area contributed by atoms with Crippen molar-refractivity contribution < 1.29 is 4.42 Å². The number of furan rings is 1. The number of hydrogen-bond donors (Lipinski definition) is 1. The minimum absolute atomic E-state index is 0.451. The van der Waals surface area contributed by atoms with Crippen LogP contribution in [0.4, 0.5) is 0 Å². The molecule has 0 aromatic carbocycles. The number of fused-ring (bicyclic) bond motifs is 2. The minimum atomic E-state index is 0.451. The lowest BCUT2D eigenvalue weighted by molar-refractivity contribution is 0.279. The van der Waals surface area contributed by atoms with Gasteiger partial charge in [0.15, 0.2) is 4.67 Å². The Balaban J connectivity index is 1.69. The van der Waals surface area contributed by atoms with E-state index in [1.54, 1.807) is 6.26 Å². The van der Waals surface area contributed by atoms with Crippen LogP contribution in [-0.4, -0.2) is 6.54 Å². The lowest BCUT2D eigenvalue weighted by atomic mass is 9.83. The highest BCUT2D eigenvalue weighted by Crippen LogP contribution is 2.51. The Labute approximate surface area is 118 Å². The monoisotopic (exact) mass is 311 g/mol. The summed E-state index contributed by atoms with van der Waals surface area (Å²) in [5, 5.41) is 3.62. The van der Waals surface area contributed by atoms with Crippen molar-refractivity contribution in [3.8, 4) is 0 Å². The molecule has 3 heteroatoms. The van der Waals surface area contributed by atoms with Crippen molar-refractivity contribution in [3.05, 3.63) is 22.6 Å². The van der Waals surface area contributed by atoms with E-state index in [9.17, 15) is 0 Å². The zero-order valence-electron chi connectivity index (χ0n) is 11.0. The summed E-state index contributed by atoms with van der Waals surface area (Å²) in [6, 6.07) is 2.55. The smallest absolute Gasteiger partial charge is 0.173 e. The second kappa shape index (κ2) is 5.38. The minimum Gasteiger partial charge on any atom is -0.457 e. The maximum atomic E-state index is 5.39. The van der Waals surface area contributed by atoms with Crippen molar-refractivity contribution in [1.29, 1.82) is 0 Å². The molecule has 3 rings (SSSR count). The van der Waals surface area contributed by atoms with Crippen LogP contribution in [0.15, 0.2) is 21.4 Å². The van der Waals surface area contributed by atoms with Gasteiger partial charge in [-0.25, -0.2) is 0 Å². The summed E-state index contributed by atoms with van der Waals surface area (Å²) in [7, 11) is 0. The summed E-state index contributed by atoms with van der Waals surface area (Å²) in [5.41, 5.74) is 1.29. The van der Waals surface area contributed by atoms with Crippen molar-refractivity contribution in [3.63, 3.8) is 0 Å². The van der Waals surface area contributed by atoms with Crippen molar-refractivity contribution in [2.45, 2.75) is 45.1 Å². The maximum Gasteiger partial charge on any atom is 0.173 e. The molecule has 2 fully saturated rings. The molecule has 0 radical (unpaired) electrons. The number of hydrogen-bond acceptors (Lipinski definition) is 2. The Hall–Kier alpha value is -0.280. The fourth-order valence-corrected chi connectivity index (χ4v) is 4.60. The predicted molar refractivity (Wildman–Crippen MR) is 76.4 cm³/mol. The first-order chi connectivity index (χ1) is 8.78. The Bertz CT molecular complexity index is 403. The first kappa shape index (κ1) is 12.7. The third-order valence-corrected chi connectivity index (χ3v) is 5.54. The lowest BCUT2D eigenvalue weighted by Crippen LogP contribution is -2.25. The van der Waals surface area contributed by atoms with E-state index in [0.29, 0.717) is 6.04 Å². The molecule has 1 heterocycles. The van der Waals surface area contributed by atoms with E-state index in [4.69, 9.17) is 4.42 Å². The molecule has 2 saturated carbocycles.